The lowest BCUT2D eigenvalue weighted by molar-refractivity contribution is 0.0730. The second-order valence-corrected chi connectivity index (χ2v) is 9.89. The van der Waals surface area contributed by atoms with E-state index in [2.05, 4.69) is 46.0 Å². The summed E-state index contributed by atoms with van der Waals surface area (Å²) < 4.78 is 32.3. The third-order valence-electron chi connectivity index (χ3n) is 5.98. The Morgan fingerprint density at radius 1 is 1.00 bits per heavy atom. The Morgan fingerprint density at radius 3 is 2.47 bits per heavy atom. The molecule has 30 heavy (non-hydrogen) atoms. The van der Waals surface area contributed by atoms with Gasteiger partial charge in [0.05, 0.1) is 13.2 Å². The first kappa shape index (κ1) is 21.2. The highest BCUT2D eigenvalue weighted by Crippen LogP contribution is 2.22. The Kier molecular flexibility index (Phi) is 6.67. The van der Waals surface area contributed by atoms with Gasteiger partial charge in [0.25, 0.3) is 0 Å². The van der Waals surface area contributed by atoms with Crippen molar-refractivity contribution in [2.75, 3.05) is 50.8 Å². The Morgan fingerprint density at radius 2 is 1.77 bits per heavy atom. The number of hydrogen-bond donors (Lipinski definition) is 0. The van der Waals surface area contributed by atoms with Crippen molar-refractivity contribution in [1.29, 1.82) is 0 Å². The van der Waals surface area contributed by atoms with E-state index in [0.717, 1.165) is 38.4 Å². The molecule has 3 heterocycles. The molecule has 0 aliphatic carbocycles. The van der Waals surface area contributed by atoms with Gasteiger partial charge >= 0.3 is 0 Å². The molecule has 0 radical (unpaired) electrons. The molecule has 1 aromatic carbocycles. The minimum atomic E-state index is -3.50. The van der Waals surface area contributed by atoms with E-state index in [0.29, 0.717) is 32.3 Å². The number of ether oxygens (including phenoxy) is 1. The van der Waals surface area contributed by atoms with E-state index >= 15 is 0 Å². The first-order chi connectivity index (χ1) is 14.5. The van der Waals surface area contributed by atoms with Crippen LogP contribution in [0.15, 0.2) is 53.6 Å². The van der Waals surface area contributed by atoms with Gasteiger partial charge in [0.1, 0.15) is 10.7 Å². The summed E-state index contributed by atoms with van der Waals surface area (Å²) >= 11 is 0. The van der Waals surface area contributed by atoms with E-state index in [1.807, 2.05) is 12.1 Å². The fourth-order valence-corrected chi connectivity index (χ4v) is 5.39. The largest absolute Gasteiger partial charge is 0.379 e. The number of sulfonamides is 1. The van der Waals surface area contributed by atoms with Crippen molar-refractivity contribution in [3.8, 4) is 0 Å². The highest BCUT2D eigenvalue weighted by Gasteiger charge is 2.27. The van der Waals surface area contributed by atoms with Gasteiger partial charge < -0.3 is 9.64 Å². The lowest BCUT2D eigenvalue weighted by Gasteiger charge is -2.27. The van der Waals surface area contributed by atoms with E-state index in [4.69, 9.17) is 4.74 Å². The molecular weight excluding hydrogens is 400 g/mol. The summed E-state index contributed by atoms with van der Waals surface area (Å²) in [5, 5.41) is 0. The van der Waals surface area contributed by atoms with Gasteiger partial charge in [0, 0.05) is 51.5 Å². The van der Waals surface area contributed by atoms with Crippen molar-refractivity contribution in [1.82, 2.24) is 14.2 Å². The summed E-state index contributed by atoms with van der Waals surface area (Å²) in [7, 11) is -3.50. The Hall–Kier alpha value is -2.00. The number of morpholine rings is 1. The SMILES string of the molecule is CC1CCN(c2ccc(S(=O)(=O)N3CCOCC3)cn2)CCN1Cc1ccccc1. The molecule has 0 amide bonds. The van der Waals surface area contributed by atoms with E-state index in [1.165, 1.54) is 16.1 Å². The number of anilines is 1. The molecule has 4 rings (SSSR count). The monoisotopic (exact) mass is 430 g/mol. The highest BCUT2D eigenvalue weighted by molar-refractivity contribution is 7.89. The standard InChI is InChI=1S/C22H30N4O3S/c1-19-9-10-24(11-12-25(19)18-20-5-3-2-4-6-20)22-8-7-21(17-23-22)30(27,28)26-13-15-29-16-14-26/h2-8,17,19H,9-16,18H2,1H3. The first-order valence-corrected chi connectivity index (χ1v) is 12.0. The summed E-state index contributed by atoms with van der Waals surface area (Å²) in [6, 6.07) is 14.6. The van der Waals surface area contributed by atoms with E-state index < -0.39 is 10.0 Å². The molecule has 0 saturated carbocycles. The van der Waals surface area contributed by atoms with Crippen LogP contribution in [-0.4, -0.2) is 74.6 Å². The van der Waals surface area contributed by atoms with Crippen LogP contribution in [0.4, 0.5) is 5.82 Å². The normalized spacial score (nSPS) is 22.0. The molecule has 7 nitrogen and oxygen atoms in total. The maximum absolute atomic E-state index is 12.8. The van der Waals surface area contributed by atoms with Crippen molar-refractivity contribution in [2.24, 2.45) is 0 Å². The van der Waals surface area contributed by atoms with E-state index in [-0.39, 0.29) is 4.90 Å². The second-order valence-electron chi connectivity index (χ2n) is 7.95. The van der Waals surface area contributed by atoms with Gasteiger partial charge in [-0.05, 0) is 31.0 Å². The molecule has 0 bridgehead atoms. The predicted molar refractivity (Wildman–Crippen MR) is 117 cm³/mol. The fraction of sp³-hybridized carbons (Fsp3) is 0.500. The number of nitrogens with zero attached hydrogens (tertiary/aromatic N) is 4. The third kappa shape index (κ3) is 4.83. The average molecular weight is 431 g/mol. The zero-order chi connectivity index (χ0) is 21.0. The lowest BCUT2D eigenvalue weighted by atomic mass is 10.1. The third-order valence-corrected chi connectivity index (χ3v) is 7.86. The summed E-state index contributed by atoms with van der Waals surface area (Å²) in [6.07, 6.45) is 2.54. The van der Waals surface area contributed by atoms with Crippen molar-refractivity contribution >= 4 is 15.8 Å². The Labute approximate surface area is 179 Å². The lowest BCUT2D eigenvalue weighted by Crippen LogP contribution is -2.40. The van der Waals surface area contributed by atoms with Gasteiger partial charge in [-0.1, -0.05) is 30.3 Å². The molecule has 1 unspecified atom stereocenters. The van der Waals surface area contributed by atoms with Crippen molar-refractivity contribution in [3.05, 3.63) is 54.2 Å². The van der Waals surface area contributed by atoms with E-state index in [9.17, 15) is 8.42 Å². The van der Waals surface area contributed by atoms with Crippen LogP contribution >= 0.6 is 0 Å². The van der Waals surface area contributed by atoms with Crippen LogP contribution in [0, 0.1) is 0 Å². The maximum Gasteiger partial charge on any atom is 0.244 e. The predicted octanol–water partition coefficient (Wildman–Crippen LogP) is 2.20. The average Bonchev–Trinajstić information content (AvgIpc) is 2.97. The number of benzene rings is 1. The molecular formula is C22H30N4O3S. The number of rotatable bonds is 5. The molecule has 2 aliphatic heterocycles. The smallest absolute Gasteiger partial charge is 0.244 e. The van der Waals surface area contributed by atoms with Crippen molar-refractivity contribution in [3.63, 3.8) is 0 Å². The molecule has 0 N–H and O–H groups in total. The van der Waals surface area contributed by atoms with Crippen LogP contribution in [0.1, 0.15) is 18.9 Å². The highest BCUT2D eigenvalue weighted by atomic mass is 32.2. The van der Waals surface area contributed by atoms with Crippen LogP contribution in [0.5, 0.6) is 0 Å². The van der Waals surface area contributed by atoms with Gasteiger partial charge in [-0.2, -0.15) is 4.31 Å². The van der Waals surface area contributed by atoms with Crippen LogP contribution in [0.2, 0.25) is 0 Å². The van der Waals surface area contributed by atoms with Crippen LogP contribution in [-0.2, 0) is 21.3 Å². The number of pyridine rings is 1. The Balaban J connectivity index is 1.42. The molecule has 8 heteroatoms. The molecule has 0 spiro atoms. The van der Waals surface area contributed by atoms with Gasteiger partial charge in [-0.3, -0.25) is 4.90 Å². The van der Waals surface area contributed by atoms with Gasteiger partial charge in [0.2, 0.25) is 10.0 Å². The quantitative estimate of drug-likeness (QED) is 0.725. The molecule has 2 fully saturated rings. The van der Waals surface area contributed by atoms with Crippen LogP contribution in [0.25, 0.3) is 0 Å². The molecule has 2 aromatic rings. The van der Waals surface area contributed by atoms with Crippen LogP contribution in [0.3, 0.4) is 0 Å². The Bertz CT molecular complexity index is 915. The topological polar surface area (TPSA) is 66.0 Å². The maximum atomic E-state index is 12.8. The molecule has 1 aromatic heterocycles. The van der Waals surface area contributed by atoms with Gasteiger partial charge in [-0.15, -0.1) is 0 Å². The summed E-state index contributed by atoms with van der Waals surface area (Å²) in [6.45, 7) is 7.63. The molecule has 2 aliphatic rings. The van der Waals surface area contributed by atoms with Gasteiger partial charge in [-0.25, -0.2) is 13.4 Å². The summed E-state index contributed by atoms with van der Waals surface area (Å²) in [5.74, 6) is 0.838. The fourth-order valence-electron chi connectivity index (χ4n) is 4.04. The minimum absolute atomic E-state index is 0.252. The zero-order valence-corrected chi connectivity index (χ0v) is 18.3. The summed E-state index contributed by atoms with van der Waals surface area (Å²) in [5.41, 5.74) is 1.33. The summed E-state index contributed by atoms with van der Waals surface area (Å²) in [4.78, 5) is 9.52. The van der Waals surface area contributed by atoms with Crippen LogP contribution < -0.4 is 4.90 Å². The minimum Gasteiger partial charge on any atom is -0.379 e. The van der Waals surface area contributed by atoms with E-state index in [1.54, 1.807) is 6.07 Å². The first-order valence-electron chi connectivity index (χ1n) is 10.6. The zero-order valence-electron chi connectivity index (χ0n) is 17.5. The van der Waals surface area contributed by atoms with Crippen molar-refractivity contribution < 1.29 is 13.2 Å². The molecule has 162 valence electrons. The molecule has 1 atom stereocenters. The second kappa shape index (κ2) is 9.43. The molecule has 2 saturated heterocycles. The van der Waals surface area contributed by atoms with Crippen molar-refractivity contribution in [2.45, 2.75) is 30.8 Å². The number of aromatic nitrogens is 1. The van der Waals surface area contributed by atoms with Gasteiger partial charge in [0.15, 0.2) is 0 Å². The number of hydrogen-bond acceptors (Lipinski definition) is 6.